The van der Waals surface area contributed by atoms with Gasteiger partial charge in [0.05, 0.1) is 6.54 Å². The largest absolute Gasteiger partial charge is 0.448 e. The smallest absolute Gasteiger partial charge is 0.409 e. The highest BCUT2D eigenvalue weighted by Gasteiger charge is 2.31. The lowest BCUT2D eigenvalue weighted by molar-refractivity contribution is 0.0908. The van der Waals surface area contributed by atoms with Crippen molar-refractivity contribution < 1.29 is 18.7 Å². The fraction of sp³-hybridized carbons (Fsp3) is 0.400. The van der Waals surface area contributed by atoms with Gasteiger partial charge in [0.2, 0.25) is 0 Å². The molecule has 0 spiro atoms. The van der Waals surface area contributed by atoms with Crippen molar-refractivity contribution in [3.8, 4) is 0 Å². The third kappa shape index (κ3) is 5.57. The molecule has 10 nitrogen and oxygen atoms in total. The summed E-state index contributed by atoms with van der Waals surface area (Å²) >= 11 is 0. The first-order chi connectivity index (χ1) is 14.7. The molecule has 2 amide bonds. The number of piperidine rings is 1. The van der Waals surface area contributed by atoms with Crippen LogP contribution in [0.3, 0.4) is 0 Å². The topological polar surface area (TPSA) is 130 Å². The first kappa shape index (κ1) is 22.2. The van der Waals surface area contributed by atoms with E-state index >= 15 is 0 Å². The van der Waals surface area contributed by atoms with Crippen LogP contribution in [0.4, 0.5) is 20.7 Å². The second kappa shape index (κ2) is 9.56. The first-order valence-corrected chi connectivity index (χ1v) is 9.80. The van der Waals surface area contributed by atoms with Crippen LogP contribution in [-0.4, -0.2) is 77.6 Å². The van der Waals surface area contributed by atoms with E-state index in [1.165, 1.54) is 40.0 Å². The van der Waals surface area contributed by atoms with Crippen LogP contribution in [0.1, 0.15) is 22.8 Å². The summed E-state index contributed by atoms with van der Waals surface area (Å²) in [6.45, 7) is 1.44. The van der Waals surface area contributed by atoms with E-state index in [1.54, 1.807) is 0 Å². The van der Waals surface area contributed by atoms with E-state index < -0.39 is 18.0 Å². The molecule has 1 fully saturated rings. The Balaban J connectivity index is 1.76. The van der Waals surface area contributed by atoms with E-state index in [0.717, 1.165) is 0 Å². The molecule has 2 aromatic rings. The van der Waals surface area contributed by atoms with Crippen molar-refractivity contribution in [2.24, 2.45) is 5.73 Å². The third-order valence-corrected chi connectivity index (χ3v) is 4.89. The Hall–Kier alpha value is -3.47. The lowest BCUT2D eigenvalue weighted by atomic mass is 10.0. The summed E-state index contributed by atoms with van der Waals surface area (Å²) in [7, 11) is 3.77. The molecule has 0 radical (unpaired) electrons. The number of hydrogen-bond acceptors (Lipinski definition) is 7. The summed E-state index contributed by atoms with van der Waals surface area (Å²) in [5, 5.41) is 15.7. The number of hydrogen-bond donors (Lipinski definition) is 3. The van der Waals surface area contributed by atoms with E-state index in [2.05, 4.69) is 10.4 Å². The number of amides is 2. The van der Waals surface area contributed by atoms with Crippen molar-refractivity contribution in [2.45, 2.75) is 12.5 Å². The van der Waals surface area contributed by atoms with Crippen molar-refractivity contribution in [3.05, 3.63) is 41.8 Å². The Kier molecular flexibility index (Phi) is 6.85. The van der Waals surface area contributed by atoms with Crippen molar-refractivity contribution in [1.82, 2.24) is 19.6 Å². The van der Waals surface area contributed by atoms with Gasteiger partial charge in [0, 0.05) is 37.1 Å². The van der Waals surface area contributed by atoms with E-state index in [1.807, 2.05) is 19.0 Å². The summed E-state index contributed by atoms with van der Waals surface area (Å²) in [5.41, 5.74) is 6.52. The first-order valence-electron chi connectivity index (χ1n) is 9.80. The van der Waals surface area contributed by atoms with Gasteiger partial charge < -0.3 is 31.0 Å². The third-order valence-electron chi connectivity index (χ3n) is 4.89. The molecule has 0 bridgehead atoms. The molecule has 31 heavy (non-hydrogen) atoms. The summed E-state index contributed by atoms with van der Waals surface area (Å²) in [4.78, 5) is 27.7. The van der Waals surface area contributed by atoms with E-state index in [0.29, 0.717) is 30.9 Å². The minimum atomic E-state index is -0.696. The molecule has 1 saturated heterocycles. The van der Waals surface area contributed by atoms with Crippen molar-refractivity contribution >= 4 is 29.2 Å². The van der Waals surface area contributed by atoms with Crippen LogP contribution in [-0.2, 0) is 4.74 Å². The molecular formula is C20H26FN7O3. The second-order valence-electron chi connectivity index (χ2n) is 7.52. The molecule has 11 heteroatoms. The summed E-state index contributed by atoms with van der Waals surface area (Å²) in [5.74, 6) is -0.893. The maximum Gasteiger partial charge on any atom is 0.409 e. The van der Waals surface area contributed by atoms with Crippen molar-refractivity contribution in [1.29, 1.82) is 5.41 Å². The Bertz CT molecular complexity index is 958. The molecule has 4 N–H and O–H groups in total. The van der Waals surface area contributed by atoms with Gasteiger partial charge in [-0.25, -0.2) is 9.18 Å². The quantitative estimate of drug-likeness (QED) is 0.613. The minimum absolute atomic E-state index is 0.128. The number of carbonyl (C=O) groups excluding carboxylic acids is 2. The Morgan fingerprint density at radius 3 is 2.71 bits per heavy atom. The zero-order valence-corrected chi connectivity index (χ0v) is 17.5. The van der Waals surface area contributed by atoms with Gasteiger partial charge in [-0.1, -0.05) is 0 Å². The van der Waals surface area contributed by atoms with Gasteiger partial charge in [0.15, 0.2) is 5.82 Å². The maximum absolute atomic E-state index is 13.2. The molecule has 1 aromatic carbocycles. The molecule has 1 aromatic heterocycles. The Morgan fingerprint density at radius 2 is 2.06 bits per heavy atom. The number of benzene rings is 1. The fourth-order valence-corrected chi connectivity index (χ4v) is 3.14. The highest BCUT2D eigenvalue weighted by atomic mass is 19.1. The minimum Gasteiger partial charge on any atom is -0.448 e. The molecule has 166 valence electrons. The highest BCUT2D eigenvalue weighted by Crippen LogP contribution is 2.24. The molecule has 1 aliphatic heterocycles. The molecule has 1 atom stereocenters. The van der Waals surface area contributed by atoms with E-state index in [-0.39, 0.29) is 30.4 Å². The van der Waals surface area contributed by atoms with Crippen LogP contribution in [0, 0.1) is 11.2 Å². The summed E-state index contributed by atoms with van der Waals surface area (Å²) in [6.07, 6.45) is 1.36. The molecule has 0 unspecified atom stereocenters. The van der Waals surface area contributed by atoms with E-state index in [9.17, 15) is 14.0 Å². The number of primary amides is 1. The zero-order valence-electron chi connectivity index (χ0n) is 17.5. The molecule has 2 heterocycles. The predicted octanol–water partition coefficient (Wildman–Crippen LogP) is 1.83. The van der Waals surface area contributed by atoms with Gasteiger partial charge in [-0.15, -0.1) is 0 Å². The molecule has 0 aliphatic carbocycles. The summed E-state index contributed by atoms with van der Waals surface area (Å²) in [6, 6.07) is 5.01. The highest BCUT2D eigenvalue weighted by molar-refractivity contribution is 5.98. The molecule has 1 aliphatic rings. The number of nitrogens with two attached hydrogens (primary N) is 1. The van der Waals surface area contributed by atoms with Gasteiger partial charge >= 0.3 is 6.09 Å². The molecular weight excluding hydrogens is 405 g/mol. The SMILES string of the molecule is CN(C)CCOC(=O)N1CCC(=N)[C@H](n2cc(C(N)=O)c(Nc3ccc(F)cc3)n2)C1. The number of nitrogens with zero attached hydrogens (tertiary/aromatic N) is 4. The number of carbonyl (C=O) groups is 2. The van der Waals surface area contributed by atoms with Gasteiger partial charge in [0.1, 0.15) is 24.0 Å². The summed E-state index contributed by atoms with van der Waals surface area (Å²) < 4.78 is 19.9. The predicted molar refractivity (Wildman–Crippen MR) is 113 cm³/mol. The average molecular weight is 431 g/mol. The molecule has 3 rings (SSSR count). The van der Waals surface area contributed by atoms with E-state index in [4.69, 9.17) is 15.9 Å². The number of likely N-dealkylation sites (tertiary alicyclic amines) is 1. The van der Waals surface area contributed by atoms with Crippen LogP contribution in [0.15, 0.2) is 30.5 Å². The number of likely N-dealkylation sites (N-methyl/N-ethyl adjacent to an activating group) is 1. The number of nitrogens with one attached hydrogen (secondary N) is 2. The standard InChI is InChI=1S/C20H26FN7O3/c1-26(2)9-10-31-20(30)27-8-7-16(22)17(12-27)28-11-15(18(23)29)19(25-28)24-14-5-3-13(21)4-6-14/h3-6,11,17,22H,7-10,12H2,1-2H3,(H2,23,29)(H,24,25)/t17-/m1/s1. The lowest BCUT2D eigenvalue weighted by Gasteiger charge is -2.32. The van der Waals surface area contributed by atoms with Gasteiger partial charge in [0.25, 0.3) is 5.91 Å². The van der Waals surface area contributed by atoms with Crippen LogP contribution < -0.4 is 11.1 Å². The van der Waals surface area contributed by atoms with Gasteiger partial charge in [-0.2, -0.15) is 5.10 Å². The van der Waals surface area contributed by atoms with Crippen molar-refractivity contribution in [2.75, 3.05) is 45.7 Å². The average Bonchev–Trinajstić information content (AvgIpc) is 3.13. The van der Waals surface area contributed by atoms with Crippen LogP contribution in [0.2, 0.25) is 0 Å². The van der Waals surface area contributed by atoms with Crippen molar-refractivity contribution in [3.63, 3.8) is 0 Å². The molecule has 0 saturated carbocycles. The van der Waals surface area contributed by atoms with Gasteiger partial charge in [-0.05, 0) is 38.4 Å². The number of halogens is 1. The van der Waals surface area contributed by atoms with Crippen LogP contribution >= 0.6 is 0 Å². The number of ether oxygens (including phenoxy) is 1. The lowest BCUT2D eigenvalue weighted by Crippen LogP contribution is -2.45. The Labute approximate surface area is 179 Å². The fourth-order valence-electron chi connectivity index (χ4n) is 3.14. The van der Waals surface area contributed by atoms with Gasteiger partial charge in [-0.3, -0.25) is 9.48 Å². The number of aromatic nitrogens is 2. The Morgan fingerprint density at radius 1 is 1.35 bits per heavy atom. The maximum atomic E-state index is 13.2. The number of anilines is 2. The monoisotopic (exact) mass is 431 g/mol. The van der Waals surface area contributed by atoms with Crippen LogP contribution in [0.5, 0.6) is 0 Å². The normalized spacial score (nSPS) is 16.5. The van der Waals surface area contributed by atoms with Crippen LogP contribution in [0.25, 0.3) is 0 Å². The second-order valence-corrected chi connectivity index (χ2v) is 7.52. The zero-order chi connectivity index (χ0) is 22.5. The number of rotatable bonds is 7.